The Kier molecular flexibility index (Phi) is 3.67. The smallest absolute Gasteiger partial charge is 0.0645 e. The van der Waals surface area contributed by atoms with Crippen molar-refractivity contribution in [1.29, 1.82) is 0 Å². The largest absolute Gasteiger partial charge is 0.256 e. The lowest BCUT2D eigenvalue weighted by Gasteiger charge is -2.04. The van der Waals surface area contributed by atoms with E-state index >= 15 is 0 Å². The third-order valence-electron chi connectivity index (χ3n) is 2.93. The Morgan fingerprint density at radius 3 is 2.00 bits per heavy atom. The maximum absolute atomic E-state index is 4.37. The van der Waals surface area contributed by atoms with Crippen molar-refractivity contribution in [3.05, 3.63) is 79.0 Å². The SMILES string of the molecule is c1ccc(-c2ccc(Pc3ccccn3)cc2)cc1. The van der Waals surface area contributed by atoms with Crippen LogP contribution < -0.4 is 10.7 Å². The highest BCUT2D eigenvalue weighted by atomic mass is 31.1. The van der Waals surface area contributed by atoms with Gasteiger partial charge in [-0.2, -0.15) is 0 Å². The molecule has 1 aromatic heterocycles. The number of hydrogen-bond acceptors (Lipinski definition) is 1. The molecule has 0 bridgehead atoms. The van der Waals surface area contributed by atoms with Gasteiger partial charge in [-0.25, -0.2) is 0 Å². The normalized spacial score (nSPS) is 10.9. The Balaban J connectivity index is 1.80. The van der Waals surface area contributed by atoms with E-state index in [1.54, 1.807) is 0 Å². The molecule has 1 unspecified atom stereocenters. The van der Waals surface area contributed by atoms with E-state index in [0.717, 1.165) is 5.44 Å². The number of pyridine rings is 1. The summed E-state index contributed by atoms with van der Waals surface area (Å²) in [5.41, 5.74) is 3.65. The second kappa shape index (κ2) is 5.77. The third kappa shape index (κ3) is 3.07. The van der Waals surface area contributed by atoms with Gasteiger partial charge in [-0.1, -0.05) is 60.7 Å². The van der Waals surface area contributed by atoms with Crippen molar-refractivity contribution in [2.24, 2.45) is 0 Å². The molecule has 0 spiro atoms. The second-order valence-corrected chi connectivity index (χ2v) is 5.62. The van der Waals surface area contributed by atoms with Crippen LogP contribution in [0.25, 0.3) is 11.1 Å². The molecule has 1 atom stereocenters. The maximum Gasteiger partial charge on any atom is 0.0645 e. The number of aromatic nitrogens is 1. The van der Waals surface area contributed by atoms with E-state index in [1.807, 2.05) is 24.4 Å². The molecule has 0 aliphatic rings. The molecule has 1 heterocycles. The minimum Gasteiger partial charge on any atom is -0.256 e. The number of hydrogen-bond donors (Lipinski definition) is 0. The summed E-state index contributed by atoms with van der Waals surface area (Å²) in [5, 5.41) is 1.32. The van der Waals surface area contributed by atoms with Crippen LogP contribution in [0.4, 0.5) is 0 Å². The van der Waals surface area contributed by atoms with Crippen LogP contribution in [-0.4, -0.2) is 4.98 Å². The number of rotatable bonds is 3. The molecule has 0 fully saturated rings. The summed E-state index contributed by atoms with van der Waals surface area (Å²) < 4.78 is 0. The average molecular weight is 263 g/mol. The first kappa shape index (κ1) is 12.1. The summed E-state index contributed by atoms with van der Waals surface area (Å²) in [5.74, 6) is 0. The summed E-state index contributed by atoms with van der Waals surface area (Å²) >= 11 is 0. The minimum absolute atomic E-state index is 0.620. The van der Waals surface area contributed by atoms with E-state index in [-0.39, 0.29) is 0 Å². The van der Waals surface area contributed by atoms with E-state index in [4.69, 9.17) is 0 Å². The molecule has 2 aromatic carbocycles. The van der Waals surface area contributed by atoms with Gasteiger partial charge in [-0.3, -0.25) is 4.98 Å². The van der Waals surface area contributed by atoms with Crippen molar-refractivity contribution in [3.63, 3.8) is 0 Å². The predicted octanol–water partition coefficient (Wildman–Crippen LogP) is 3.38. The number of nitrogens with zero attached hydrogens (tertiary/aromatic N) is 1. The molecule has 3 rings (SSSR count). The minimum atomic E-state index is 0.620. The van der Waals surface area contributed by atoms with Crippen molar-refractivity contribution in [1.82, 2.24) is 4.98 Å². The summed E-state index contributed by atoms with van der Waals surface area (Å²) in [6.45, 7) is 0. The predicted molar refractivity (Wildman–Crippen MR) is 83.7 cm³/mol. The van der Waals surface area contributed by atoms with Crippen molar-refractivity contribution in [2.75, 3.05) is 0 Å². The van der Waals surface area contributed by atoms with Crippen LogP contribution in [0.1, 0.15) is 0 Å². The first-order valence-corrected chi connectivity index (χ1v) is 7.25. The first-order valence-electron chi connectivity index (χ1n) is 6.25. The van der Waals surface area contributed by atoms with Crippen LogP contribution in [0.5, 0.6) is 0 Å². The Bertz CT molecular complexity index is 633. The van der Waals surface area contributed by atoms with Gasteiger partial charge >= 0.3 is 0 Å². The highest BCUT2D eigenvalue weighted by molar-refractivity contribution is 7.55. The van der Waals surface area contributed by atoms with E-state index in [2.05, 4.69) is 59.6 Å². The Morgan fingerprint density at radius 2 is 1.32 bits per heavy atom. The summed E-state index contributed by atoms with van der Waals surface area (Å²) in [6, 6.07) is 25.3. The molecule has 0 radical (unpaired) electrons. The summed E-state index contributed by atoms with van der Waals surface area (Å²) in [7, 11) is 0.620. The molecule has 0 aliphatic carbocycles. The summed E-state index contributed by atoms with van der Waals surface area (Å²) in [4.78, 5) is 4.37. The lowest BCUT2D eigenvalue weighted by Crippen LogP contribution is -2.05. The zero-order chi connectivity index (χ0) is 12.9. The zero-order valence-corrected chi connectivity index (χ0v) is 11.5. The molecule has 2 heteroatoms. The Hall–Kier alpha value is -1.98. The highest BCUT2D eigenvalue weighted by Gasteiger charge is 1.99. The van der Waals surface area contributed by atoms with Crippen LogP contribution in [0.2, 0.25) is 0 Å². The molecule has 0 saturated heterocycles. The molecule has 92 valence electrons. The quantitative estimate of drug-likeness (QED) is 0.660. The molecular weight excluding hydrogens is 249 g/mol. The van der Waals surface area contributed by atoms with Crippen LogP contribution in [0, 0.1) is 0 Å². The Morgan fingerprint density at radius 1 is 0.632 bits per heavy atom. The number of benzene rings is 2. The molecule has 0 N–H and O–H groups in total. The van der Waals surface area contributed by atoms with Gasteiger partial charge in [0.15, 0.2) is 0 Å². The monoisotopic (exact) mass is 263 g/mol. The van der Waals surface area contributed by atoms with Crippen LogP contribution in [-0.2, 0) is 0 Å². The van der Waals surface area contributed by atoms with Crippen molar-refractivity contribution in [3.8, 4) is 11.1 Å². The van der Waals surface area contributed by atoms with Crippen LogP contribution >= 0.6 is 8.58 Å². The topological polar surface area (TPSA) is 12.9 Å². The second-order valence-electron chi connectivity index (χ2n) is 4.28. The molecular formula is C17H14NP. The molecule has 19 heavy (non-hydrogen) atoms. The van der Waals surface area contributed by atoms with Gasteiger partial charge in [0.05, 0.1) is 5.44 Å². The molecule has 0 amide bonds. The molecule has 1 nitrogen and oxygen atoms in total. The van der Waals surface area contributed by atoms with Crippen LogP contribution in [0.15, 0.2) is 79.0 Å². The molecule has 0 saturated carbocycles. The molecule has 3 aromatic rings. The van der Waals surface area contributed by atoms with Gasteiger partial charge in [0.2, 0.25) is 0 Å². The van der Waals surface area contributed by atoms with E-state index < -0.39 is 0 Å². The average Bonchev–Trinajstić information content (AvgIpc) is 2.50. The highest BCUT2D eigenvalue weighted by Crippen LogP contribution is 2.19. The fraction of sp³-hybridized carbons (Fsp3) is 0. The maximum atomic E-state index is 4.37. The Labute approximate surface area is 115 Å². The fourth-order valence-electron chi connectivity index (χ4n) is 1.96. The van der Waals surface area contributed by atoms with Crippen LogP contribution in [0.3, 0.4) is 0 Å². The third-order valence-corrected chi connectivity index (χ3v) is 4.10. The van der Waals surface area contributed by atoms with Gasteiger partial charge in [0.1, 0.15) is 0 Å². The van der Waals surface area contributed by atoms with E-state index in [9.17, 15) is 0 Å². The lowest BCUT2D eigenvalue weighted by molar-refractivity contribution is 1.39. The fourth-order valence-corrected chi connectivity index (χ4v) is 2.91. The van der Waals surface area contributed by atoms with E-state index in [1.165, 1.54) is 16.4 Å². The zero-order valence-electron chi connectivity index (χ0n) is 10.5. The van der Waals surface area contributed by atoms with Crippen molar-refractivity contribution < 1.29 is 0 Å². The van der Waals surface area contributed by atoms with Gasteiger partial charge in [0.25, 0.3) is 0 Å². The van der Waals surface area contributed by atoms with Gasteiger partial charge in [-0.15, -0.1) is 0 Å². The van der Waals surface area contributed by atoms with Gasteiger partial charge in [0, 0.05) is 6.20 Å². The molecule has 0 aliphatic heterocycles. The van der Waals surface area contributed by atoms with Gasteiger partial charge < -0.3 is 0 Å². The summed E-state index contributed by atoms with van der Waals surface area (Å²) in [6.07, 6.45) is 1.85. The standard InChI is InChI=1S/C17H14NP/c1-2-6-14(7-3-1)15-9-11-16(12-10-15)19-17-8-4-5-13-18-17/h1-13,19H. The first-order chi connectivity index (χ1) is 9.42. The lowest BCUT2D eigenvalue weighted by atomic mass is 10.1. The van der Waals surface area contributed by atoms with E-state index in [0.29, 0.717) is 8.58 Å². The van der Waals surface area contributed by atoms with Crippen molar-refractivity contribution >= 4 is 19.3 Å². The van der Waals surface area contributed by atoms with Crippen molar-refractivity contribution in [2.45, 2.75) is 0 Å². The van der Waals surface area contributed by atoms with Gasteiger partial charge in [-0.05, 0) is 37.1 Å².